The Bertz CT molecular complexity index is 728. The van der Waals surface area contributed by atoms with Crippen LogP contribution < -0.4 is 33.2 Å². The molecule has 0 aliphatic rings. The zero-order valence-electron chi connectivity index (χ0n) is 18.2. The minimum atomic E-state index is -1.62. The van der Waals surface area contributed by atoms with Crippen LogP contribution in [-0.2, 0) is 28.8 Å². The summed E-state index contributed by atoms with van der Waals surface area (Å²) < 4.78 is 0. The molecule has 6 unspecified atom stereocenters. The Labute approximate surface area is 184 Å². The molecule has 0 radical (unpaired) electrons. The molecule has 0 heterocycles. The molecule has 182 valence electrons. The SMILES string of the molecule is CCC(C)C(NC(=O)C(CC(N)=O)NC(=O)C(NC(=O)C(N)CC(N)=O)C(C)O)C(=O)O. The molecule has 0 fully saturated rings. The van der Waals surface area contributed by atoms with Gasteiger partial charge >= 0.3 is 5.97 Å². The molecule has 0 saturated heterocycles. The summed E-state index contributed by atoms with van der Waals surface area (Å²) in [6.07, 6.45) is -2.24. The fraction of sp³-hybridized carbons (Fsp3) is 0.667. The van der Waals surface area contributed by atoms with E-state index in [1.165, 1.54) is 0 Å². The highest BCUT2D eigenvalue weighted by molar-refractivity contribution is 5.96. The minimum Gasteiger partial charge on any atom is -0.480 e. The molecule has 0 aromatic rings. The van der Waals surface area contributed by atoms with Gasteiger partial charge < -0.3 is 43.4 Å². The highest BCUT2D eigenvalue weighted by Crippen LogP contribution is 2.09. The Morgan fingerprint density at radius 1 is 0.812 bits per heavy atom. The Kier molecular flexibility index (Phi) is 11.9. The van der Waals surface area contributed by atoms with Crippen LogP contribution in [-0.4, -0.2) is 76.0 Å². The number of carboxylic acid groups (broad SMARTS) is 1. The number of carbonyl (C=O) groups is 6. The van der Waals surface area contributed by atoms with Crippen molar-refractivity contribution in [3.05, 3.63) is 0 Å². The van der Waals surface area contributed by atoms with Gasteiger partial charge in [-0.3, -0.25) is 24.0 Å². The average molecular weight is 460 g/mol. The van der Waals surface area contributed by atoms with Crippen molar-refractivity contribution in [2.24, 2.45) is 23.1 Å². The van der Waals surface area contributed by atoms with E-state index in [1.807, 2.05) is 0 Å². The molecule has 32 heavy (non-hydrogen) atoms. The Balaban J connectivity index is 5.51. The van der Waals surface area contributed by atoms with Crippen molar-refractivity contribution in [1.29, 1.82) is 0 Å². The van der Waals surface area contributed by atoms with Gasteiger partial charge in [0.2, 0.25) is 29.5 Å². The van der Waals surface area contributed by atoms with Crippen LogP contribution in [0.5, 0.6) is 0 Å². The molecular weight excluding hydrogens is 428 g/mol. The van der Waals surface area contributed by atoms with Gasteiger partial charge in [0.05, 0.1) is 25.0 Å². The van der Waals surface area contributed by atoms with E-state index in [0.717, 1.165) is 6.92 Å². The first-order chi connectivity index (χ1) is 14.7. The van der Waals surface area contributed by atoms with Gasteiger partial charge in [0.1, 0.15) is 18.1 Å². The second kappa shape index (κ2) is 13.2. The number of nitrogens with two attached hydrogens (primary N) is 3. The maximum absolute atomic E-state index is 12.6. The summed E-state index contributed by atoms with van der Waals surface area (Å²) in [6, 6.07) is -5.88. The summed E-state index contributed by atoms with van der Waals surface area (Å²) in [6.45, 7) is 4.47. The third kappa shape index (κ3) is 9.70. The maximum Gasteiger partial charge on any atom is 0.326 e. The number of amides is 5. The van der Waals surface area contributed by atoms with Gasteiger partial charge in [-0.15, -0.1) is 0 Å². The second-order valence-corrected chi connectivity index (χ2v) is 7.45. The highest BCUT2D eigenvalue weighted by atomic mass is 16.4. The van der Waals surface area contributed by atoms with E-state index in [4.69, 9.17) is 17.2 Å². The number of aliphatic carboxylic acids is 1. The van der Waals surface area contributed by atoms with E-state index in [2.05, 4.69) is 16.0 Å². The van der Waals surface area contributed by atoms with Crippen LogP contribution in [0.25, 0.3) is 0 Å². The molecule has 0 bridgehead atoms. The number of carbonyl (C=O) groups excluding carboxylic acids is 5. The third-order valence-corrected chi connectivity index (χ3v) is 4.64. The summed E-state index contributed by atoms with van der Waals surface area (Å²) in [5.41, 5.74) is 15.6. The van der Waals surface area contributed by atoms with Crippen molar-refractivity contribution < 1.29 is 39.0 Å². The normalized spacial score (nSPS) is 16.4. The number of rotatable bonds is 14. The van der Waals surface area contributed by atoms with Crippen molar-refractivity contribution in [1.82, 2.24) is 16.0 Å². The number of aliphatic hydroxyl groups is 1. The van der Waals surface area contributed by atoms with Crippen molar-refractivity contribution in [2.75, 3.05) is 0 Å². The Morgan fingerprint density at radius 2 is 1.31 bits per heavy atom. The van der Waals surface area contributed by atoms with E-state index < -0.39 is 84.5 Å². The van der Waals surface area contributed by atoms with Gasteiger partial charge in [0.25, 0.3) is 0 Å². The molecule has 5 amide bonds. The van der Waals surface area contributed by atoms with Crippen LogP contribution in [0.3, 0.4) is 0 Å². The van der Waals surface area contributed by atoms with E-state index in [-0.39, 0.29) is 0 Å². The lowest BCUT2D eigenvalue weighted by molar-refractivity contribution is -0.144. The van der Waals surface area contributed by atoms with Crippen LogP contribution in [0.2, 0.25) is 0 Å². The second-order valence-electron chi connectivity index (χ2n) is 7.45. The van der Waals surface area contributed by atoms with Crippen LogP contribution in [0, 0.1) is 5.92 Å². The van der Waals surface area contributed by atoms with E-state index in [0.29, 0.717) is 6.42 Å². The van der Waals surface area contributed by atoms with Crippen LogP contribution >= 0.6 is 0 Å². The summed E-state index contributed by atoms with van der Waals surface area (Å²) in [7, 11) is 0. The number of hydrogen-bond acceptors (Lipinski definition) is 8. The van der Waals surface area contributed by atoms with E-state index in [9.17, 15) is 39.0 Å². The first-order valence-corrected chi connectivity index (χ1v) is 9.85. The third-order valence-electron chi connectivity index (χ3n) is 4.64. The number of carboxylic acids is 1. The Hall–Kier alpha value is -3.26. The summed E-state index contributed by atoms with van der Waals surface area (Å²) in [4.78, 5) is 71.0. The fourth-order valence-electron chi connectivity index (χ4n) is 2.58. The van der Waals surface area contributed by atoms with Gasteiger partial charge in [0, 0.05) is 0 Å². The highest BCUT2D eigenvalue weighted by Gasteiger charge is 2.34. The minimum absolute atomic E-state index is 0.422. The molecule has 14 nitrogen and oxygen atoms in total. The molecule has 0 rings (SSSR count). The number of aliphatic hydroxyl groups excluding tert-OH is 1. The van der Waals surface area contributed by atoms with Crippen LogP contribution in [0.15, 0.2) is 0 Å². The molecule has 11 N–H and O–H groups in total. The summed E-state index contributed by atoms with van der Waals surface area (Å²) in [5.74, 6) is -6.64. The standard InChI is InChI=1S/C18H32N6O8/c1-4-7(2)13(18(31)32)23-16(29)10(6-12(21)27)22-17(30)14(8(3)25)24-15(28)9(19)5-11(20)26/h7-10,13-14,25H,4-6,19H2,1-3H3,(H2,20,26)(H2,21,27)(H,22,30)(H,23,29)(H,24,28)(H,31,32). The maximum atomic E-state index is 12.6. The Morgan fingerprint density at radius 3 is 1.72 bits per heavy atom. The van der Waals surface area contributed by atoms with E-state index >= 15 is 0 Å². The zero-order valence-corrected chi connectivity index (χ0v) is 18.2. The monoisotopic (exact) mass is 460 g/mol. The largest absolute Gasteiger partial charge is 0.480 e. The lowest BCUT2D eigenvalue weighted by Gasteiger charge is -2.27. The molecule has 0 spiro atoms. The predicted octanol–water partition coefficient (Wildman–Crippen LogP) is -3.97. The van der Waals surface area contributed by atoms with Crippen LogP contribution in [0.4, 0.5) is 0 Å². The summed E-state index contributed by atoms with van der Waals surface area (Å²) >= 11 is 0. The van der Waals surface area contributed by atoms with Crippen molar-refractivity contribution in [3.63, 3.8) is 0 Å². The topological polar surface area (TPSA) is 257 Å². The van der Waals surface area contributed by atoms with Crippen molar-refractivity contribution >= 4 is 35.5 Å². The molecule has 0 saturated carbocycles. The predicted molar refractivity (Wildman–Crippen MR) is 110 cm³/mol. The smallest absolute Gasteiger partial charge is 0.326 e. The summed E-state index contributed by atoms with van der Waals surface area (Å²) in [5, 5.41) is 25.7. The van der Waals surface area contributed by atoms with Gasteiger partial charge in [-0.1, -0.05) is 20.3 Å². The lowest BCUT2D eigenvalue weighted by atomic mass is 9.98. The van der Waals surface area contributed by atoms with Crippen LogP contribution in [0.1, 0.15) is 40.0 Å². The van der Waals surface area contributed by atoms with Crippen molar-refractivity contribution in [3.8, 4) is 0 Å². The molecule has 6 atom stereocenters. The van der Waals surface area contributed by atoms with Crippen molar-refractivity contribution in [2.45, 2.75) is 70.3 Å². The van der Waals surface area contributed by atoms with Gasteiger partial charge in [-0.25, -0.2) is 4.79 Å². The molecule has 0 aromatic carbocycles. The number of nitrogens with one attached hydrogen (secondary N) is 3. The molecule has 0 aromatic heterocycles. The number of hydrogen-bond donors (Lipinski definition) is 8. The number of primary amides is 2. The molecular formula is C18H32N6O8. The first kappa shape index (κ1) is 28.7. The average Bonchev–Trinajstić information content (AvgIpc) is 2.66. The quantitative estimate of drug-likeness (QED) is 0.125. The van der Waals surface area contributed by atoms with E-state index in [1.54, 1.807) is 13.8 Å². The first-order valence-electron chi connectivity index (χ1n) is 9.85. The molecule has 14 heteroatoms. The zero-order chi connectivity index (χ0) is 25.2. The molecule has 0 aliphatic heterocycles. The van der Waals surface area contributed by atoms with Gasteiger partial charge in [0.15, 0.2) is 0 Å². The lowest BCUT2D eigenvalue weighted by Crippen LogP contribution is -2.60. The van der Waals surface area contributed by atoms with Gasteiger partial charge in [-0.05, 0) is 12.8 Å². The molecule has 0 aliphatic carbocycles. The van der Waals surface area contributed by atoms with Gasteiger partial charge in [-0.2, -0.15) is 0 Å². The fourth-order valence-corrected chi connectivity index (χ4v) is 2.58.